The van der Waals surface area contributed by atoms with Gasteiger partial charge < -0.3 is 4.74 Å². The molecule has 0 saturated carbocycles. The van der Waals surface area contributed by atoms with E-state index >= 15 is 0 Å². The molecule has 0 radical (unpaired) electrons. The standard InChI is InChI=1S/C10H11BrF2O/c1-3-10(12,13)7-4-5-9(14-2)8(11)6-7/h4-6H,3H2,1-2H3. The molecule has 0 aliphatic rings. The number of alkyl halides is 2. The molecule has 14 heavy (non-hydrogen) atoms. The number of benzene rings is 1. The van der Waals surface area contributed by atoms with Crippen molar-refractivity contribution in [3.05, 3.63) is 28.2 Å². The first kappa shape index (κ1) is 11.4. The maximum Gasteiger partial charge on any atom is 0.273 e. The second kappa shape index (κ2) is 4.26. The number of rotatable bonds is 3. The first-order valence-corrected chi connectivity index (χ1v) is 5.02. The molecule has 0 heterocycles. The molecule has 0 saturated heterocycles. The molecule has 0 bridgehead atoms. The maximum atomic E-state index is 13.2. The molecular weight excluding hydrogens is 254 g/mol. The third-order valence-corrected chi connectivity index (χ3v) is 2.64. The minimum atomic E-state index is -2.77. The molecule has 4 heteroatoms. The summed E-state index contributed by atoms with van der Waals surface area (Å²) in [4.78, 5) is 0. The molecule has 0 aromatic heterocycles. The highest BCUT2D eigenvalue weighted by Gasteiger charge is 2.29. The number of hydrogen-bond donors (Lipinski definition) is 0. The largest absolute Gasteiger partial charge is 0.496 e. The van der Waals surface area contributed by atoms with E-state index in [4.69, 9.17) is 4.74 Å². The third kappa shape index (κ3) is 2.23. The van der Waals surface area contributed by atoms with Gasteiger partial charge in [-0.1, -0.05) is 6.92 Å². The highest BCUT2D eigenvalue weighted by Crippen LogP contribution is 2.35. The van der Waals surface area contributed by atoms with Crippen molar-refractivity contribution in [1.29, 1.82) is 0 Å². The number of methoxy groups -OCH3 is 1. The fraction of sp³-hybridized carbons (Fsp3) is 0.400. The van der Waals surface area contributed by atoms with E-state index in [1.807, 2.05) is 0 Å². The molecule has 1 aromatic carbocycles. The smallest absolute Gasteiger partial charge is 0.273 e. The van der Waals surface area contributed by atoms with Crippen molar-refractivity contribution in [2.75, 3.05) is 7.11 Å². The van der Waals surface area contributed by atoms with E-state index in [9.17, 15) is 8.78 Å². The molecule has 78 valence electrons. The van der Waals surface area contributed by atoms with Crippen LogP contribution >= 0.6 is 15.9 Å². The Morgan fingerprint density at radius 2 is 2.07 bits per heavy atom. The molecule has 0 spiro atoms. The summed E-state index contributed by atoms with van der Waals surface area (Å²) >= 11 is 3.17. The van der Waals surface area contributed by atoms with Crippen molar-refractivity contribution in [2.45, 2.75) is 19.3 Å². The van der Waals surface area contributed by atoms with Gasteiger partial charge in [0.1, 0.15) is 5.75 Å². The summed E-state index contributed by atoms with van der Waals surface area (Å²) in [5, 5.41) is 0. The van der Waals surface area contributed by atoms with Crippen LogP contribution in [0.3, 0.4) is 0 Å². The number of hydrogen-bond acceptors (Lipinski definition) is 1. The Bertz CT molecular complexity index is 326. The van der Waals surface area contributed by atoms with Crippen molar-refractivity contribution in [2.24, 2.45) is 0 Å². The second-order valence-corrected chi connectivity index (χ2v) is 3.76. The highest BCUT2D eigenvalue weighted by molar-refractivity contribution is 9.10. The average Bonchev–Trinajstić information content (AvgIpc) is 2.17. The van der Waals surface area contributed by atoms with Crippen LogP contribution in [0.2, 0.25) is 0 Å². The van der Waals surface area contributed by atoms with Crippen LogP contribution in [-0.2, 0) is 5.92 Å². The predicted molar refractivity (Wildman–Crippen MR) is 54.9 cm³/mol. The van der Waals surface area contributed by atoms with Crippen molar-refractivity contribution < 1.29 is 13.5 Å². The van der Waals surface area contributed by atoms with E-state index in [0.29, 0.717) is 10.2 Å². The van der Waals surface area contributed by atoms with Gasteiger partial charge in [0.05, 0.1) is 11.6 Å². The van der Waals surface area contributed by atoms with E-state index < -0.39 is 5.92 Å². The Hall–Kier alpha value is -0.640. The molecule has 0 aliphatic carbocycles. The van der Waals surface area contributed by atoms with Gasteiger partial charge in [-0.25, -0.2) is 8.78 Å². The highest BCUT2D eigenvalue weighted by atomic mass is 79.9. The zero-order chi connectivity index (χ0) is 10.8. The van der Waals surface area contributed by atoms with Crippen LogP contribution in [0, 0.1) is 0 Å². The molecule has 1 rings (SSSR count). The SMILES string of the molecule is CCC(F)(F)c1ccc(OC)c(Br)c1. The lowest BCUT2D eigenvalue weighted by molar-refractivity contribution is -0.00837. The molecule has 0 fully saturated rings. The Morgan fingerprint density at radius 1 is 1.43 bits per heavy atom. The lowest BCUT2D eigenvalue weighted by Crippen LogP contribution is -2.11. The van der Waals surface area contributed by atoms with Crippen molar-refractivity contribution in [3.63, 3.8) is 0 Å². The quantitative estimate of drug-likeness (QED) is 0.803. The molecular formula is C10H11BrF2O. The monoisotopic (exact) mass is 264 g/mol. The zero-order valence-corrected chi connectivity index (χ0v) is 9.57. The van der Waals surface area contributed by atoms with Crippen molar-refractivity contribution in [1.82, 2.24) is 0 Å². The molecule has 0 unspecified atom stereocenters. The van der Waals surface area contributed by atoms with E-state index in [2.05, 4.69) is 15.9 Å². The first-order chi connectivity index (χ1) is 6.51. The first-order valence-electron chi connectivity index (χ1n) is 4.23. The van der Waals surface area contributed by atoms with Gasteiger partial charge in [0.2, 0.25) is 0 Å². The van der Waals surface area contributed by atoms with E-state index in [1.165, 1.54) is 32.2 Å². The van der Waals surface area contributed by atoms with Crippen LogP contribution < -0.4 is 4.74 Å². The van der Waals surface area contributed by atoms with Crippen LogP contribution in [0.5, 0.6) is 5.75 Å². The van der Waals surface area contributed by atoms with Gasteiger partial charge in [-0.15, -0.1) is 0 Å². The van der Waals surface area contributed by atoms with Gasteiger partial charge in [0.15, 0.2) is 0 Å². The molecule has 0 amide bonds. The second-order valence-electron chi connectivity index (χ2n) is 2.91. The topological polar surface area (TPSA) is 9.23 Å². The van der Waals surface area contributed by atoms with E-state index in [1.54, 1.807) is 0 Å². The minimum absolute atomic E-state index is 0.00711. The van der Waals surface area contributed by atoms with Crippen LogP contribution in [0.1, 0.15) is 18.9 Å². The molecule has 1 aromatic rings. The Balaban J connectivity index is 3.08. The van der Waals surface area contributed by atoms with Crippen molar-refractivity contribution >= 4 is 15.9 Å². The predicted octanol–water partition coefficient (Wildman–Crippen LogP) is 3.96. The van der Waals surface area contributed by atoms with Gasteiger partial charge in [-0.2, -0.15) is 0 Å². The summed E-state index contributed by atoms with van der Waals surface area (Å²) in [5.74, 6) is -2.21. The Labute approximate surface area is 90.2 Å². The van der Waals surface area contributed by atoms with Gasteiger partial charge >= 0.3 is 0 Å². The summed E-state index contributed by atoms with van der Waals surface area (Å²) in [6.45, 7) is 1.46. The van der Waals surface area contributed by atoms with Gasteiger partial charge in [0.25, 0.3) is 5.92 Å². The fourth-order valence-electron chi connectivity index (χ4n) is 1.10. The maximum absolute atomic E-state index is 13.2. The minimum Gasteiger partial charge on any atom is -0.496 e. The van der Waals surface area contributed by atoms with Gasteiger partial charge in [-0.05, 0) is 34.1 Å². The average molecular weight is 265 g/mol. The summed E-state index contributed by atoms with van der Waals surface area (Å²) in [7, 11) is 1.50. The molecule has 1 nitrogen and oxygen atoms in total. The summed E-state index contributed by atoms with van der Waals surface area (Å²) < 4.78 is 32.0. The van der Waals surface area contributed by atoms with Crippen LogP contribution in [0.25, 0.3) is 0 Å². The summed E-state index contributed by atoms with van der Waals surface area (Å²) in [6, 6.07) is 4.30. The van der Waals surface area contributed by atoms with Crippen LogP contribution in [0.4, 0.5) is 8.78 Å². The number of ether oxygens (including phenoxy) is 1. The Morgan fingerprint density at radius 3 is 2.50 bits per heavy atom. The van der Waals surface area contributed by atoms with Gasteiger partial charge in [0, 0.05) is 12.0 Å². The lowest BCUT2D eigenvalue weighted by Gasteiger charge is -2.15. The van der Waals surface area contributed by atoms with Crippen LogP contribution in [0.15, 0.2) is 22.7 Å². The van der Waals surface area contributed by atoms with Gasteiger partial charge in [-0.3, -0.25) is 0 Å². The number of halogens is 3. The molecule has 0 aliphatic heterocycles. The zero-order valence-electron chi connectivity index (χ0n) is 7.98. The summed E-state index contributed by atoms with van der Waals surface area (Å²) in [6.07, 6.45) is -0.203. The fourth-order valence-corrected chi connectivity index (χ4v) is 1.64. The Kier molecular flexibility index (Phi) is 3.48. The molecule has 0 atom stereocenters. The summed E-state index contributed by atoms with van der Waals surface area (Å²) in [5.41, 5.74) is 0.00711. The van der Waals surface area contributed by atoms with Crippen molar-refractivity contribution in [3.8, 4) is 5.75 Å². The normalized spacial score (nSPS) is 11.5. The molecule has 0 N–H and O–H groups in total. The van der Waals surface area contributed by atoms with Crippen LogP contribution in [-0.4, -0.2) is 7.11 Å². The third-order valence-electron chi connectivity index (χ3n) is 2.02. The van der Waals surface area contributed by atoms with E-state index in [0.717, 1.165) is 0 Å². The van der Waals surface area contributed by atoms with E-state index in [-0.39, 0.29) is 12.0 Å². The lowest BCUT2D eigenvalue weighted by atomic mass is 10.1.